The van der Waals surface area contributed by atoms with Crippen LogP contribution in [0.1, 0.15) is 6.92 Å². The minimum absolute atomic E-state index is 0.0771. The van der Waals surface area contributed by atoms with Crippen molar-refractivity contribution < 1.29 is 19.4 Å². The summed E-state index contributed by atoms with van der Waals surface area (Å²) in [6, 6.07) is 6.91. The van der Waals surface area contributed by atoms with Gasteiger partial charge in [-0.3, -0.25) is 4.79 Å². The van der Waals surface area contributed by atoms with Gasteiger partial charge in [-0.1, -0.05) is 15.9 Å². The molecule has 1 aliphatic heterocycles. The van der Waals surface area contributed by atoms with Crippen molar-refractivity contribution in [3.8, 4) is 5.75 Å². The van der Waals surface area contributed by atoms with Gasteiger partial charge in [-0.05, 0) is 24.3 Å². The molecule has 1 saturated heterocycles. The van der Waals surface area contributed by atoms with Gasteiger partial charge in [0.2, 0.25) is 11.5 Å². The molecule has 0 bridgehead atoms. The lowest BCUT2D eigenvalue weighted by molar-refractivity contribution is -0.176. The highest BCUT2D eigenvalue weighted by Crippen LogP contribution is 2.29. The van der Waals surface area contributed by atoms with Gasteiger partial charge in [0, 0.05) is 11.4 Å². The third-order valence-electron chi connectivity index (χ3n) is 2.85. The number of benzene rings is 1. The number of nitrogens with zero attached hydrogens (tertiary/aromatic N) is 1. The number of carbonyl (C=O) groups is 2. The zero-order valence-electron chi connectivity index (χ0n) is 9.72. The van der Waals surface area contributed by atoms with E-state index in [1.54, 1.807) is 24.3 Å². The SMILES string of the molecule is CC(=O)N1CC(Oc2ccc(Br)cc2)(C(=O)O)C1. The number of carboxylic acids is 1. The molecule has 18 heavy (non-hydrogen) atoms. The Labute approximate surface area is 112 Å². The van der Waals surface area contributed by atoms with Crippen molar-refractivity contribution in [3.05, 3.63) is 28.7 Å². The maximum atomic E-state index is 11.3. The quantitative estimate of drug-likeness (QED) is 0.918. The second-order valence-corrected chi connectivity index (χ2v) is 5.15. The number of ether oxygens (including phenoxy) is 1. The van der Waals surface area contributed by atoms with E-state index in [2.05, 4.69) is 15.9 Å². The van der Waals surface area contributed by atoms with Gasteiger partial charge in [-0.2, -0.15) is 0 Å². The van der Waals surface area contributed by atoms with E-state index < -0.39 is 11.6 Å². The largest absolute Gasteiger partial charge is 0.478 e. The second kappa shape index (κ2) is 4.61. The molecule has 0 radical (unpaired) electrons. The first kappa shape index (κ1) is 12.9. The molecule has 2 rings (SSSR count). The Morgan fingerprint density at radius 3 is 2.33 bits per heavy atom. The molecular formula is C12H12BrNO4. The van der Waals surface area contributed by atoms with Gasteiger partial charge in [-0.15, -0.1) is 0 Å². The van der Waals surface area contributed by atoms with Crippen molar-refractivity contribution in [1.29, 1.82) is 0 Å². The van der Waals surface area contributed by atoms with E-state index in [4.69, 9.17) is 4.74 Å². The number of carboxylic acid groups (broad SMARTS) is 1. The van der Waals surface area contributed by atoms with Crippen LogP contribution < -0.4 is 4.74 Å². The Hall–Kier alpha value is -1.56. The summed E-state index contributed by atoms with van der Waals surface area (Å²) in [4.78, 5) is 23.8. The lowest BCUT2D eigenvalue weighted by Gasteiger charge is -2.45. The maximum Gasteiger partial charge on any atom is 0.351 e. The molecule has 1 heterocycles. The molecule has 1 aromatic carbocycles. The monoisotopic (exact) mass is 313 g/mol. The van der Waals surface area contributed by atoms with Crippen molar-refractivity contribution in [1.82, 2.24) is 4.90 Å². The van der Waals surface area contributed by atoms with Crippen LogP contribution in [0.3, 0.4) is 0 Å². The van der Waals surface area contributed by atoms with Crippen molar-refractivity contribution in [2.24, 2.45) is 0 Å². The van der Waals surface area contributed by atoms with Crippen molar-refractivity contribution in [3.63, 3.8) is 0 Å². The van der Waals surface area contributed by atoms with Crippen LogP contribution in [-0.4, -0.2) is 40.6 Å². The molecule has 0 unspecified atom stereocenters. The topological polar surface area (TPSA) is 66.8 Å². The van der Waals surface area contributed by atoms with Gasteiger partial charge in [-0.25, -0.2) is 4.79 Å². The summed E-state index contributed by atoms with van der Waals surface area (Å²) in [5.74, 6) is -0.724. The van der Waals surface area contributed by atoms with Gasteiger partial charge >= 0.3 is 5.97 Å². The molecule has 1 amide bonds. The van der Waals surface area contributed by atoms with Gasteiger partial charge in [0.15, 0.2) is 0 Å². The number of amides is 1. The highest BCUT2D eigenvalue weighted by Gasteiger charge is 2.53. The summed E-state index contributed by atoms with van der Waals surface area (Å²) >= 11 is 3.29. The number of aliphatic carboxylic acids is 1. The van der Waals surface area contributed by atoms with Crippen LogP contribution in [-0.2, 0) is 9.59 Å². The first-order chi connectivity index (χ1) is 8.43. The Bertz CT molecular complexity index is 479. The molecular weight excluding hydrogens is 302 g/mol. The van der Waals surface area contributed by atoms with Crippen LogP contribution in [0.25, 0.3) is 0 Å². The van der Waals surface area contributed by atoms with E-state index in [9.17, 15) is 14.7 Å². The number of hydrogen-bond donors (Lipinski definition) is 1. The Kier molecular flexibility index (Phi) is 3.30. The Balaban J connectivity index is 2.12. The number of rotatable bonds is 3. The van der Waals surface area contributed by atoms with E-state index in [-0.39, 0.29) is 19.0 Å². The van der Waals surface area contributed by atoms with Crippen LogP contribution in [0.2, 0.25) is 0 Å². The number of likely N-dealkylation sites (tertiary alicyclic amines) is 1. The lowest BCUT2D eigenvalue weighted by Crippen LogP contribution is -2.70. The third-order valence-corrected chi connectivity index (χ3v) is 3.38. The number of hydrogen-bond acceptors (Lipinski definition) is 3. The highest BCUT2D eigenvalue weighted by molar-refractivity contribution is 9.10. The van der Waals surface area contributed by atoms with E-state index in [0.717, 1.165) is 4.47 Å². The molecule has 1 aromatic rings. The van der Waals surface area contributed by atoms with Gasteiger partial charge in [0.1, 0.15) is 5.75 Å². The minimum atomic E-state index is -1.32. The Morgan fingerprint density at radius 2 is 1.89 bits per heavy atom. The molecule has 0 saturated carbocycles. The molecule has 96 valence electrons. The highest BCUT2D eigenvalue weighted by atomic mass is 79.9. The average Bonchev–Trinajstić information content (AvgIpc) is 2.24. The van der Waals surface area contributed by atoms with Crippen molar-refractivity contribution in [2.75, 3.05) is 13.1 Å². The molecule has 1 aliphatic rings. The summed E-state index contributed by atoms with van der Waals surface area (Å²) in [7, 11) is 0. The summed E-state index contributed by atoms with van der Waals surface area (Å²) in [5.41, 5.74) is -1.32. The molecule has 6 heteroatoms. The molecule has 0 spiro atoms. The van der Waals surface area contributed by atoms with E-state index in [1.165, 1.54) is 11.8 Å². The van der Waals surface area contributed by atoms with Crippen LogP contribution in [0, 0.1) is 0 Å². The third kappa shape index (κ3) is 2.33. The number of halogens is 1. The normalized spacial score (nSPS) is 16.9. The van der Waals surface area contributed by atoms with Crippen molar-refractivity contribution in [2.45, 2.75) is 12.5 Å². The minimum Gasteiger partial charge on any atom is -0.478 e. The van der Waals surface area contributed by atoms with Crippen molar-refractivity contribution >= 4 is 27.8 Å². The zero-order valence-corrected chi connectivity index (χ0v) is 11.3. The first-order valence-electron chi connectivity index (χ1n) is 5.36. The van der Waals surface area contributed by atoms with Gasteiger partial charge in [0.25, 0.3) is 0 Å². The molecule has 0 atom stereocenters. The second-order valence-electron chi connectivity index (χ2n) is 4.23. The number of carbonyl (C=O) groups excluding carboxylic acids is 1. The maximum absolute atomic E-state index is 11.3. The first-order valence-corrected chi connectivity index (χ1v) is 6.16. The predicted octanol–water partition coefficient (Wildman–Crippen LogP) is 1.51. The van der Waals surface area contributed by atoms with Crippen LogP contribution >= 0.6 is 15.9 Å². The van der Waals surface area contributed by atoms with E-state index in [0.29, 0.717) is 5.75 Å². The summed E-state index contributed by atoms with van der Waals surface area (Å²) in [6.45, 7) is 1.56. The van der Waals surface area contributed by atoms with Crippen LogP contribution in [0.4, 0.5) is 0 Å². The summed E-state index contributed by atoms with van der Waals surface area (Å²) in [5, 5.41) is 9.23. The Morgan fingerprint density at radius 1 is 1.33 bits per heavy atom. The fourth-order valence-corrected chi connectivity index (χ4v) is 2.03. The molecule has 1 fully saturated rings. The zero-order chi connectivity index (χ0) is 13.3. The van der Waals surface area contributed by atoms with Gasteiger partial charge in [0.05, 0.1) is 13.1 Å². The van der Waals surface area contributed by atoms with Gasteiger partial charge < -0.3 is 14.7 Å². The lowest BCUT2D eigenvalue weighted by atomic mass is 9.94. The molecule has 0 aliphatic carbocycles. The predicted molar refractivity (Wildman–Crippen MR) is 67.4 cm³/mol. The molecule has 5 nitrogen and oxygen atoms in total. The molecule has 1 N–H and O–H groups in total. The average molecular weight is 314 g/mol. The van der Waals surface area contributed by atoms with E-state index in [1.807, 2.05) is 0 Å². The fourth-order valence-electron chi connectivity index (χ4n) is 1.76. The molecule has 0 aromatic heterocycles. The van der Waals surface area contributed by atoms with Crippen LogP contribution in [0.5, 0.6) is 5.75 Å². The summed E-state index contributed by atoms with van der Waals surface area (Å²) < 4.78 is 6.41. The van der Waals surface area contributed by atoms with E-state index >= 15 is 0 Å². The van der Waals surface area contributed by atoms with Crippen LogP contribution in [0.15, 0.2) is 28.7 Å². The summed E-state index contributed by atoms with van der Waals surface area (Å²) in [6.07, 6.45) is 0. The smallest absolute Gasteiger partial charge is 0.351 e. The standard InChI is InChI=1S/C12H12BrNO4/c1-8(15)14-6-12(7-14,11(16)17)18-10-4-2-9(13)3-5-10/h2-5H,6-7H2,1H3,(H,16,17). The fraction of sp³-hybridized carbons (Fsp3) is 0.333.